The Morgan fingerprint density at radius 1 is 1.07 bits per heavy atom. The fourth-order valence-electron chi connectivity index (χ4n) is 5.13. The van der Waals surface area contributed by atoms with Gasteiger partial charge in [-0.2, -0.15) is 0 Å². The monoisotopic (exact) mass is 384 g/mol. The highest BCUT2D eigenvalue weighted by atomic mass is 16.5. The van der Waals surface area contributed by atoms with Crippen LogP contribution in [0.25, 0.3) is 10.9 Å². The Bertz CT molecular complexity index is 720. The van der Waals surface area contributed by atoms with Crippen molar-refractivity contribution in [2.45, 2.75) is 57.5 Å². The molecule has 2 aromatic rings. The third-order valence-corrected chi connectivity index (χ3v) is 6.78. The summed E-state index contributed by atoms with van der Waals surface area (Å²) in [6.45, 7) is 8.06. The number of aromatic nitrogens is 1. The third kappa shape index (κ3) is 4.97. The Morgan fingerprint density at radius 3 is 2.79 bits per heavy atom. The number of aromatic amines is 1. The minimum absolute atomic E-state index is 0.470. The maximum atomic E-state index is 5.98. The number of ether oxygens (including phenoxy) is 2. The summed E-state index contributed by atoms with van der Waals surface area (Å²) in [5, 5.41) is 1.42. The van der Waals surface area contributed by atoms with Gasteiger partial charge >= 0.3 is 0 Å². The van der Waals surface area contributed by atoms with Crippen LogP contribution in [-0.4, -0.2) is 55.4 Å². The van der Waals surface area contributed by atoms with Gasteiger partial charge in [0, 0.05) is 23.7 Å². The van der Waals surface area contributed by atoms with Gasteiger partial charge in [-0.25, -0.2) is 0 Å². The zero-order valence-corrected chi connectivity index (χ0v) is 17.4. The van der Waals surface area contributed by atoms with E-state index in [9.17, 15) is 0 Å². The Hall–Kier alpha value is -1.36. The number of para-hydroxylation sites is 1. The summed E-state index contributed by atoms with van der Waals surface area (Å²) >= 11 is 0. The molecule has 0 bridgehead atoms. The Balaban J connectivity index is 1.16. The first-order valence-corrected chi connectivity index (χ1v) is 11.3. The van der Waals surface area contributed by atoms with Crippen molar-refractivity contribution in [2.75, 3.05) is 39.5 Å². The van der Waals surface area contributed by atoms with Crippen LogP contribution in [0, 0.1) is 5.92 Å². The zero-order valence-electron chi connectivity index (χ0n) is 17.4. The lowest BCUT2D eigenvalue weighted by atomic mass is 9.89. The van der Waals surface area contributed by atoms with Gasteiger partial charge in [-0.1, -0.05) is 18.2 Å². The van der Waals surface area contributed by atoms with Crippen LogP contribution in [0.5, 0.6) is 0 Å². The summed E-state index contributed by atoms with van der Waals surface area (Å²) in [6, 6.07) is 8.72. The van der Waals surface area contributed by atoms with Gasteiger partial charge < -0.3 is 19.4 Å². The number of H-pyrrole nitrogens is 1. The number of fused-ring (bicyclic) bond motifs is 1. The van der Waals surface area contributed by atoms with E-state index in [2.05, 4.69) is 40.3 Å². The summed E-state index contributed by atoms with van der Waals surface area (Å²) < 4.78 is 11.3. The second-order valence-corrected chi connectivity index (χ2v) is 8.56. The van der Waals surface area contributed by atoms with Gasteiger partial charge in [-0.15, -0.1) is 0 Å². The van der Waals surface area contributed by atoms with E-state index in [1.165, 1.54) is 74.6 Å². The molecule has 4 heteroatoms. The van der Waals surface area contributed by atoms with Gasteiger partial charge in [-0.3, -0.25) is 0 Å². The lowest BCUT2D eigenvalue weighted by molar-refractivity contribution is 0.00885. The van der Waals surface area contributed by atoms with E-state index in [-0.39, 0.29) is 0 Å². The van der Waals surface area contributed by atoms with Crippen molar-refractivity contribution in [3.05, 3.63) is 36.0 Å². The summed E-state index contributed by atoms with van der Waals surface area (Å²) in [6.07, 6.45) is 10.4. The molecule has 0 amide bonds. The summed E-state index contributed by atoms with van der Waals surface area (Å²) in [5.41, 5.74) is 2.80. The maximum absolute atomic E-state index is 5.98. The average Bonchev–Trinajstić information content (AvgIpc) is 3.37. The molecule has 154 valence electrons. The molecule has 1 aliphatic heterocycles. The standard InChI is InChI=1S/C24H36N2O2/c1-2-27-15-16-28-21-8-7-19(17-21)9-12-26-13-10-20(11-14-26)23-18-25-24-6-4-3-5-22(23)24/h3-6,18-21,25H,2,7-17H2,1H3/t19-,21+/m1/s1. The molecule has 1 aliphatic carbocycles. The molecule has 4 rings (SSSR count). The number of hydrogen-bond acceptors (Lipinski definition) is 3. The van der Waals surface area contributed by atoms with Gasteiger partial charge in [0.1, 0.15) is 0 Å². The van der Waals surface area contributed by atoms with E-state index in [0.717, 1.165) is 25.7 Å². The molecule has 4 nitrogen and oxygen atoms in total. The maximum Gasteiger partial charge on any atom is 0.0704 e. The average molecular weight is 385 g/mol. The molecule has 1 N–H and O–H groups in total. The first-order chi connectivity index (χ1) is 13.8. The first-order valence-electron chi connectivity index (χ1n) is 11.3. The zero-order chi connectivity index (χ0) is 19.2. The van der Waals surface area contributed by atoms with Crippen LogP contribution in [0.1, 0.15) is 56.9 Å². The first kappa shape index (κ1) is 19.9. The SMILES string of the molecule is CCOCCO[C@H]1CC[C@H](CCN2CCC(c3c[nH]c4ccccc34)CC2)C1. The topological polar surface area (TPSA) is 37.5 Å². The Morgan fingerprint density at radius 2 is 1.93 bits per heavy atom. The van der Waals surface area contributed by atoms with Gasteiger partial charge in [0.05, 0.1) is 19.3 Å². The highest BCUT2D eigenvalue weighted by molar-refractivity contribution is 5.83. The van der Waals surface area contributed by atoms with Crippen molar-refractivity contribution in [1.29, 1.82) is 0 Å². The quantitative estimate of drug-likeness (QED) is 0.621. The number of nitrogens with one attached hydrogen (secondary N) is 1. The minimum Gasteiger partial charge on any atom is -0.379 e. The highest BCUT2D eigenvalue weighted by Crippen LogP contribution is 2.34. The van der Waals surface area contributed by atoms with Crippen LogP contribution in [-0.2, 0) is 9.47 Å². The van der Waals surface area contributed by atoms with Crippen LogP contribution >= 0.6 is 0 Å². The summed E-state index contributed by atoms with van der Waals surface area (Å²) in [7, 11) is 0. The lowest BCUT2D eigenvalue weighted by Crippen LogP contribution is -2.34. The van der Waals surface area contributed by atoms with Gasteiger partial charge in [-0.05, 0) is 88.5 Å². The van der Waals surface area contributed by atoms with E-state index in [0.29, 0.717) is 12.0 Å². The Kier molecular flexibility index (Phi) is 7.05. The number of rotatable bonds is 9. The van der Waals surface area contributed by atoms with Crippen LogP contribution in [0.2, 0.25) is 0 Å². The van der Waals surface area contributed by atoms with Crippen molar-refractivity contribution in [3.8, 4) is 0 Å². The van der Waals surface area contributed by atoms with Gasteiger partial charge in [0.25, 0.3) is 0 Å². The molecule has 1 aromatic heterocycles. The predicted molar refractivity (Wildman–Crippen MR) is 115 cm³/mol. The Labute approximate surface area is 169 Å². The molecule has 1 aromatic carbocycles. The van der Waals surface area contributed by atoms with Crippen molar-refractivity contribution in [3.63, 3.8) is 0 Å². The molecule has 2 aliphatic rings. The van der Waals surface area contributed by atoms with Crippen LogP contribution in [0.15, 0.2) is 30.5 Å². The largest absolute Gasteiger partial charge is 0.379 e. The normalized spacial score (nSPS) is 24.3. The van der Waals surface area contributed by atoms with Gasteiger partial charge in [0.2, 0.25) is 0 Å². The third-order valence-electron chi connectivity index (χ3n) is 6.78. The number of hydrogen-bond donors (Lipinski definition) is 1. The van der Waals surface area contributed by atoms with Crippen LogP contribution in [0.3, 0.4) is 0 Å². The van der Waals surface area contributed by atoms with Crippen molar-refractivity contribution < 1.29 is 9.47 Å². The van der Waals surface area contributed by atoms with E-state index >= 15 is 0 Å². The van der Waals surface area contributed by atoms with Crippen LogP contribution < -0.4 is 0 Å². The molecule has 2 heterocycles. The number of likely N-dealkylation sites (tertiary alicyclic amines) is 1. The number of piperidine rings is 1. The molecule has 0 spiro atoms. The van der Waals surface area contributed by atoms with Crippen molar-refractivity contribution >= 4 is 10.9 Å². The van der Waals surface area contributed by atoms with E-state index in [4.69, 9.17) is 9.47 Å². The fraction of sp³-hybridized carbons (Fsp3) is 0.667. The van der Waals surface area contributed by atoms with Gasteiger partial charge in [0.15, 0.2) is 0 Å². The van der Waals surface area contributed by atoms with Crippen molar-refractivity contribution in [2.24, 2.45) is 5.92 Å². The second-order valence-electron chi connectivity index (χ2n) is 8.56. The fourth-order valence-corrected chi connectivity index (χ4v) is 5.13. The van der Waals surface area contributed by atoms with Crippen molar-refractivity contribution in [1.82, 2.24) is 9.88 Å². The molecule has 0 unspecified atom stereocenters. The van der Waals surface area contributed by atoms with E-state index in [1.54, 1.807) is 0 Å². The predicted octanol–water partition coefficient (Wildman–Crippen LogP) is 4.96. The molecular formula is C24H36N2O2. The molecule has 1 saturated heterocycles. The lowest BCUT2D eigenvalue weighted by Gasteiger charge is -2.32. The second kappa shape index (κ2) is 9.91. The van der Waals surface area contributed by atoms with E-state index in [1.807, 2.05) is 6.92 Å². The molecule has 2 atom stereocenters. The number of benzene rings is 1. The molecule has 1 saturated carbocycles. The molecule has 0 radical (unpaired) electrons. The highest BCUT2D eigenvalue weighted by Gasteiger charge is 2.27. The summed E-state index contributed by atoms with van der Waals surface area (Å²) in [5.74, 6) is 1.56. The minimum atomic E-state index is 0.470. The molecular weight excluding hydrogens is 348 g/mol. The molecule has 2 fully saturated rings. The van der Waals surface area contributed by atoms with E-state index < -0.39 is 0 Å². The number of nitrogens with zero attached hydrogens (tertiary/aromatic N) is 1. The summed E-state index contributed by atoms with van der Waals surface area (Å²) in [4.78, 5) is 6.14. The smallest absolute Gasteiger partial charge is 0.0704 e. The molecule has 28 heavy (non-hydrogen) atoms. The van der Waals surface area contributed by atoms with Crippen LogP contribution in [0.4, 0.5) is 0 Å².